The second kappa shape index (κ2) is 3.94. The van der Waals surface area contributed by atoms with E-state index in [4.69, 9.17) is 11.6 Å². The van der Waals surface area contributed by atoms with Gasteiger partial charge in [0.1, 0.15) is 5.75 Å². The van der Waals surface area contributed by atoms with Gasteiger partial charge in [0.05, 0.1) is 5.02 Å². The number of halogens is 1. The minimum atomic E-state index is 0.174. The zero-order chi connectivity index (χ0) is 11.1. The quantitative estimate of drug-likeness (QED) is 0.855. The Balaban J connectivity index is 1.72. The van der Waals surface area contributed by atoms with Crippen molar-refractivity contribution in [3.05, 3.63) is 28.8 Å². The third kappa shape index (κ3) is 1.80. The topological polar surface area (TPSA) is 23.5 Å². The lowest BCUT2D eigenvalue weighted by Gasteiger charge is -2.26. The molecule has 2 aliphatic rings. The fourth-order valence-electron chi connectivity index (χ4n) is 3.10. The number of likely N-dealkylation sites (tertiary alicyclic amines) is 1. The second-order valence-electron chi connectivity index (χ2n) is 5.05. The number of hydrogen-bond acceptors (Lipinski definition) is 2. The van der Waals surface area contributed by atoms with Gasteiger partial charge in [0.25, 0.3) is 0 Å². The Morgan fingerprint density at radius 2 is 2.25 bits per heavy atom. The molecule has 3 heteroatoms. The van der Waals surface area contributed by atoms with Crippen LogP contribution < -0.4 is 0 Å². The summed E-state index contributed by atoms with van der Waals surface area (Å²) >= 11 is 5.91. The Morgan fingerprint density at radius 1 is 1.38 bits per heavy atom. The maximum absolute atomic E-state index is 9.36. The molecule has 1 heterocycles. The summed E-state index contributed by atoms with van der Waals surface area (Å²) < 4.78 is 0. The van der Waals surface area contributed by atoms with Crippen LogP contribution in [0.1, 0.15) is 24.8 Å². The van der Waals surface area contributed by atoms with E-state index in [1.54, 1.807) is 6.07 Å². The third-order valence-corrected chi connectivity index (χ3v) is 4.22. The highest BCUT2D eigenvalue weighted by Gasteiger charge is 2.37. The van der Waals surface area contributed by atoms with Crippen LogP contribution in [0.2, 0.25) is 5.02 Å². The first-order valence-corrected chi connectivity index (χ1v) is 6.31. The number of benzene rings is 1. The molecule has 1 aromatic rings. The Hall–Kier alpha value is -0.730. The summed E-state index contributed by atoms with van der Waals surface area (Å²) in [6.45, 7) is 2.21. The highest BCUT2D eigenvalue weighted by molar-refractivity contribution is 6.32. The largest absolute Gasteiger partial charge is 0.506 e. The van der Waals surface area contributed by atoms with Gasteiger partial charge in [-0.3, -0.25) is 4.90 Å². The van der Waals surface area contributed by atoms with E-state index < -0.39 is 0 Å². The number of hydrogen-bond donors (Lipinski definition) is 1. The van der Waals surface area contributed by atoms with Crippen molar-refractivity contribution < 1.29 is 5.11 Å². The van der Waals surface area contributed by atoms with Crippen LogP contribution in [-0.2, 0) is 6.54 Å². The van der Waals surface area contributed by atoms with Crippen molar-refractivity contribution in [2.75, 3.05) is 6.54 Å². The molecule has 0 amide bonds. The van der Waals surface area contributed by atoms with Crippen LogP contribution in [0, 0.1) is 5.92 Å². The SMILES string of the molecule is Oc1ccc(CN2CC3CCC2C3)cc1Cl. The maximum Gasteiger partial charge on any atom is 0.134 e. The van der Waals surface area contributed by atoms with Crippen molar-refractivity contribution in [2.24, 2.45) is 5.92 Å². The fourth-order valence-corrected chi connectivity index (χ4v) is 3.31. The maximum atomic E-state index is 9.36. The molecule has 0 radical (unpaired) electrons. The predicted octanol–water partition coefficient (Wildman–Crippen LogP) is 3.03. The van der Waals surface area contributed by atoms with Crippen LogP contribution >= 0.6 is 11.6 Å². The van der Waals surface area contributed by atoms with Crippen molar-refractivity contribution in [3.8, 4) is 5.75 Å². The smallest absolute Gasteiger partial charge is 0.134 e. The second-order valence-corrected chi connectivity index (χ2v) is 5.46. The standard InChI is InChI=1S/C13H16ClNO/c14-12-6-10(2-4-13(12)16)8-15-7-9-1-3-11(15)5-9/h2,4,6,9,11,16H,1,3,5,7-8H2. The minimum Gasteiger partial charge on any atom is -0.506 e. The van der Waals surface area contributed by atoms with Crippen LogP contribution in [0.15, 0.2) is 18.2 Å². The van der Waals surface area contributed by atoms with Crippen molar-refractivity contribution in [3.63, 3.8) is 0 Å². The molecule has 1 N–H and O–H groups in total. The van der Waals surface area contributed by atoms with Gasteiger partial charge in [-0.1, -0.05) is 17.7 Å². The van der Waals surface area contributed by atoms with E-state index in [-0.39, 0.29) is 5.75 Å². The number of fused-ring (bicyclic) bond motifs is 2. The van der Waals surface area contributed by atoms with E-state index in [2.05, 4.69) is 4.90 Å². The van der Waals surface area contributed by atoms with Crippen molar-refractivity contribution in [2.45, 2.75) is 31.8 Å². The Bertz CT molecular complexity index is 407. The molecule has 1 aliphatic carbocycles. The van der Waals surface area contributed by atoms with Gasteiger partial charge in [0.15, 0.2) is 0 Å². The predicted molar refractivity (Wildman–Crippen MR) is 64.7 cm³/mol. The molecule has 1 saturated heterocycles. The van der Waals surface area contributed by atoms with Gasteiger partial charge in [-0.2, -0.15) is 0 Å². The molecule has 1 saturated carbocycles. The number of phenolic OH excluding ortho intramolecular Hbond substituents is 1. The van der Waals surface area contributed by atoms with Crippen LogP contribution in [0.25, 0.3) is 0 Å². The number of phenols is 1. The van der Waals surface area contributed by atoms with Gasteiger partial charge in [-0.15, -0.1) is 0 Å². The average molecular weight is 238 g/mol. The average Bonchev–Trinajstić information content (AvgIpc) is 2.85. The first-order chi connectivity index (χ1) is 7.72. The van der Waals surface area contributed by atoms with Gasteiger partial charge in [0.2, 0.25) is 0 Å². The highest BCUT2D eigenvalue weighted by atomic mass is 35.5. The number of aromatic hydroxyl groups is 1. The molecule has 2 fully saturated rings. The van der Waals surface area contributed by atoms with Crippen molar-refractivity contribution in [1.29, 1.82) is 0 Å². The summed E-state index contributed by atoms with van der Waals surface area (Å²) in [4.78, 5) is 2.55. The van der Waals surface area contributed by atoms with Gasteiger partial charge >= 0.3 is 0 Å². The fraction of sp³-hybridized carbons (Fsp3) is 0.538. The molecule has 2 unspecified atom stereocenters. The highest BCUT2D eigenvalue weighted by Crippen LogP contribution is 2.38. The molecule has 1 aromatic carbocycles. The van der Waals surface area contributed by atoms with Crippen molar-refractivity contribution >= 4 is 11.6 Å². The molecular formula is C13H16ClNO. The first kappa shape index (κ1) is 10.4. The van der Waals surface area contributed by atoms with Crippen molar-refractivity contribution in [1.82, 2.24) is 4.90 Å². The lowest BCUT2D eigenvalue weighted by Crippen LogP contribution is -2.31. The molecule has 2 nitrogen and oxygen atoms in total. The van der Waals surface area contributed by atoms with Crippen LogP contribution in [0.3, 0.4) is 0 Å². The Morgan fingerprint density at radius 3 is 2.88 bits per heavy atom. The number of nitrogens with zero attached hydrogens (tertiary/aromatic N) is 1. The summed E-state index contributed by atoms with van der Waals surface area (Å²) in [7, 11) is 0. The van der Waals surface area contributed by atoms with Gasteiger partial charge in [0, 0.05) is 19.1 Å². The Labute approximate surface area is 101 Å². The molecule has 3 rings (SSSR count). The Kier molecular flexibility index (Phi) is 2.56. The molecular weight excluding hydrogens is 222 g/mol. The van der Waals surface area contributed by atoms with Gasteiger partial charge in [-0.05, 0) is 42.9 Å². The van der Waals surface area contributed by atoms with Crippen LogP contribution in [-0.4, -0.2) is 22.6 Å². The van der Waals surface area contributed by atoms with E-state index >= 15 is 0 Å². The normalized spacial score (nSPS) is 28.8. The summed E-state index contributed by atoms with van der Waals surface area (Å²) in [5.41, 5.74) is 1.20. The summed E-state index contributed by atoms with van der Waals surface area (Å²) in [6, 6.07) is 6.32. The molecule has 1 aliphatic heterocycles. The minimum absolute atomic E-state index is 0.174. The molecule has 16 heavy (non-hydrogen) atoms. The zero-order valence-corrected chi connectivity index (χ0v) is 9.95. The summed E-state index contributed by atoms with van der Waals surface area (Å²) in [5, 5.41) is 9.82. The lowest BCUT2D eigenvalue weighted by molar-refractivity contribution is 0.205. The van der Waals surface area contributed by atoms with Crippen LogP contribution in [0.4, 0.5) is 0 Å². The zero-order valence-electron chi connectivity index (χ0n) is 9.19. The van der Waals surface area contributed by atoms with E-state index in [9.17, 15) is 5.11 Å². The third-order valence-electron chi connectivity index (χ3n) is 3.92. The monoisotopic (exact) mass is 237 g/mol. The molecule has 0 spiro atoms. The van der Waals surface area contributed by atoms with Gasteiger partial charge in [-0.25, -0.2) is 0 Å². The summed E-state index contributed by atoms with van der Waals surface area (Å²) in [6.07, 6.45) is 4.15. The van der Waals surface area contributed by atoms with E-state index in [1.165, 1.54) is 31.4 Å². The molecule has 86 valence electrons. The first-order valence-electron chi connectivity index (χ1n) is 5.94. The van der Waals surface area contributed by atoms with E-state index in [0.29, 0.717) is 5.02 Å². The lowest BCUT2D eigenvalue weighted by atomic mass is 10.1. The van der Waals surface area contributed by atoms with Crippen LogP contribution in [0.5, 0.6) is 5.75 Å². The molecule has 2 bridgehead atoms. The number of rotatable bonds is 2. The van der Waals surface area contributed by atoms with E-state index in [1.807, 2.05) is 12.1 Å². The number of piperidine rings is 1. The molecule has 2 atom stereocenters. The van der Waals surface area contributed by atoms with Gasteiger partial charge < -0.3 is 5.11 Å². The summed E-state index contributed by atoms with van der Waals surface area (Å²) in [5.74, 6) is 1.10. The van der Waals surface area contributed by atoms with E-state index in [0.717, 1.165) is 18.5 Å². The molecule has 0 aromatic heterocycles.